The lowest BCUT2D eigenvalue weighted by Crippen LogP contribution is -2.53. The van der Waals surface area contributed by atoms with Crippen molar-refractivity contribution in [1.82, 2.24) is 10.2 Å². The van der Waals surface area contributed by atoms with Gasteiger partial charge in [0.15, 0.2) is 0 Å². The molecule has 1 heterocycles. The maximum absolute atomic E-state index is 12.3. The van der Waals surface area contributed by atoms with Crippen LogP contribution in [0.4, 0.5) is 0 Å². The van der Waals surface area contributed by atoms with Gasteiger partial charge in [-0.3, -0.25) is 14.5 Å². The average Bonchev–Trinajstić information content (AvgIpc) is 2.69. The van der Waals surface area contributed by atoms with Crippen molar-refractivity contribution in [2.45, 2.75) is 77.4 Å². The molecule has 0 radical (unpaired) electrons. The van der Waals surface area contributed by atoms with Crippen molar-refractivity contribution in [2.75, 3.05) is 6.54 Å². The maximum Gasteiger partial charge on any atom is 0.320 e. The molecule has 116 valence electrons. The van der Waals surface area contributed by atoms with Crippen LogP contribution in [0.25, 0.3) is 0 Å². The molecular weight excluding hydrogens is 256 g/mol. The second kappa shape index (κ2) is 8.25. The molecular formula is C15H28N2O3. The van der Waals surface area contributed by atoms with Crippen LogP contribution in [0.3, 0.4) is 0 Å². The number of carboxylic acid groups (broad SMARTS) is 1. The molecule has 0 aliphatic carbocycles. The van der Waals surface area contributed by atoms with Gasteiger partial charge in [0, 0.05) is 6.04 Å². The van der Waals surface area contributed by atoms with Crippen LogP contribution < -0.4 is 5.32 Å². The van der Waals surface area contributed by atoms with E-state index in [0.717, 1.165) is 32.1 Å². The summed E-state index contributed by atoms with van der Waals surface area (Å²) in [5.41, 5.74) is 0. The van der Waals surface area contributed by atoms with Crippen LogP contribution in [0.5, 0.6) is 0 Å². The van der Waals surface area contributed by atoms with Gasteiger partial charge in [0.25, 0.3) is 0 Å². The number of carbonyl (C=O) groups excluding carboxylic acids is 1. The second-order valence-corrected chi connectivity index (χ2v) is 5.64. The van der Waals surface area contributed by atoms with Crippen molar-refractivity contribution in [3.8, 4) is 0 Å². The van der Waals surface area contributed by atoms with Gasteiger partial charge in [-0.1, -0.05) is 26.7 Å². The molecule has 2 N–H and O–H groups in total. The number of carbonyl (C=O) groups is 2. The van der Waals surface area contributed by atoms with Crippen LogP contribution in [0.15, 0.2) is 0 Å². The fourth-order valence-electron chi connectivity index (χ4n) is 2.82. The molecule has 1 saturated heterocycles. The zero-order valence-electron chi connectivity index (χ0n) is 12.9. The minimum Gasteiger partial charge on any atom is -0.480 e. The fourth-order valence-corrected chi connectivity index (χ4v) is 2.82. The summed E-state index contributed by atoms with van der Waals surface area (Å²) < 4.78 is 0. The van der Waals surface area contributed by atoms with Crippen molar-refractivity contribution in [3.63, 3.8) is 0 Å². The molecule has 1 aliphatic rings. The van der Waals surface area contributed by atoms with Gasteiger partial charge in [-0.2, -0.15) is 0 Å². The van der Waals surface area contributed by atoms with Gasteiger partial charge in [0.05, 0.1) is 6.04 Å². The predicted octanol–water partition coefficient (Wildman–Crippen LogP) is 2.01. The van der Waals surface area contributed by atoms with E-state index in [1.54, 1.807) is 0 Å². The molecule has 0 saturated carbocycles. The molecule has 1 rings (SSSR count). The summed E-state index contributed by atoms with van der Waals surface area (Å²) in [7, 11) is 0. The molecule has 1 fully saturated rings. The van der Waals surface area contributed by atoms with Crippen molar-refractivity contribution in [2.24, 2.45) is 0 Å². The highest BCUT2D eigenvalue weighted by atomic mass is 16.4. The quantitative estimate of drug-likeness (QED) is 0.783. The van der Waals surface area contributed by atoms with E-state index >= 15 is 0 Å². The first-order valence-electron chi connectivity index (χ1n) is 7.80. The van der Waals surface area contributed by atoms with E-state index in [4.69, 9.17) is 0 Å². The monoisotopic (exact) mass is 284 g/mol. The zero-order valence-corrected chi connectivity index (χ0v) is 12.9. The molecule has 2 atom stereocenters. The molecule has 0 aromatic rings. The summed E-state index contributed by atoms with van der Waals surface area (Å²) in [5, 5.41) is 12.4. The summed E-state index contributed by atoms with van der Waals surface area (Å²) in [6.45, 7) is 6.60. The van der Waals surface area contributed by atoms with Gasteiger partial charge in [0.2, 0.25) is 5.91 Å². The Kier molecular flexibility index (Phi) is 6.99. The highest BCUT2D eigenvalue weighted by molar-refractivity contribution is 5.83. The highest BCUT2D eigenvalue weighted by Crippen LogP contribution is 2.19. The first-order chi connectivity index (χ1) is 9.51. The standard InChI is InChI=1S/C15H28N2O3/c1-4-12(5-2)16-14(18)11(3)17-10-8-6-7-9-13(17)15(19)20/h11-13H,4-10H2,1-3H3,(H,16,18)(H,19,20). The lowest BCUT2D eigenvalue weighted by molar-refractivity contribution is -0.145. The third kappa shape index (κ3) is 4.47. The lowest BCUT2D eigenvalue weighted by Gasteiger charge is -2.32. The molecule has 1 aliphatic heterocycles. The Morgan fingerprint density at radius 2 is 1.90 bits per heavy atom. The molecule has 0 spiro atoms. The molecule has 20 heavy (non-hydrogen) atoms. The number of hydrogen-bond acceptors (Lipinski definition) is 3. The molecule has 0 aromatic heterocycles. The van der Waals surface area contributed by atoms with Gasteiger partial charge in [0.1, 0.15) is 6.04 Å². The van der Waals surface area contributed by atoms with Crippen molar-refractivity contribution in [3.05, 3.63) is 0 Å². The molecule has 1 amide bonds. The van der Waals surface area contributed by atoms with Crippen molar-refractivity contribution < 1.29 is 14.7 Å². The molecule has 0 bridgehead atoms. The van der Waals surface area contributed by atoms with Crippen LogP contribution in [0.1, 0.15) is 59.3 Å². The van der Waals surface area contributed by atoms with Crippen molar-refractivity contribution in [1.29, 1.82) is 0 Å². The Balaban J connectivity index is 2.72. The Morgan fingerprint density at radius 1 is 1.25 bits per heavy atom. The summed E-state index contributed by atoms with van der Waals surface area (Å²) in [6.07, 6.45) is 5.37. The number of amides is 1. The Bertz CT molecular complexity index is 329. The Hall–Kier alpha value is -1.10. The van der Waals surface area contributed by atoms with E-state index in [9.17, 15) is 14.7 Å². The van der Waals surface area contributed by atoms with E-state index < -0.39 is 12.0 Å². The van der Waals surface area contributed by atoms with Crippen LogP contribution >= 0.6 is 0 Å². The van der Waals surface area contributed by atoms with Crippen molar-refractivity contribution >= 4 is 11.9 Å². The van der Waals surface area contributed by atoms with Crippen LogP contribution in [-0.2, 0) is 9.59 Å². The smallest absolute Gasteiger partial charge is 0.320 e. The first kappa shape index (κ1) is 17.0. The largest absolute Gasteiger partial charge is 0.480 e. The number of likely N-dealkylation sites (tertiary alicyclic amines) is 1. The topological polar surface area (TPSA) is 69.6 Å². The van der Waals surface area contributed by atoms with Crippen LogP contribution in [0.2, 0.25) is 0 Å². The Morgan fingerprint density at radius 3 is 2.45 bits per heavy atom. The first-order valence-corrected chi connectivity index (χ1v) is 7.80. The predicted molar refractivity (Wildman–Crippen MR) is 78.6 cm³/mol. The normalized spacial score (nSPS) is 22.3. The molecule has 5 nitrogen and oxygen atoms in total. The lowest BCUT2D eigenvalue weighted by atomic mass is 10.1. The van der Waals surface area contributed by atoms with Gasteiger partial charge in [-0.25, -0.2) is 0 Å². The highest BCUT2D eigenvalue weighted by Gasteiger charge is 2.33. The SMILES string of the molecule is CCC(CC)NC(=O)C(C)N1CCCCCC1C(=O)O. The summed E-state index contributed by atoms with van der Waals surface area (Å²) in [5.74, 6) is -0.860. The fraction of sp³-hybridized carbons (Fsp3) is 0.867. The minimum atomic E-state index is -0.811. The second-order valence-electron chi connectivity index (χ2n) is 5.64. The molecule has 2 unspecified atom stereocenters. The number of rotatable bonds is 6. The summed E-state index contributed by atoms with van der Waals surface area (Å²) in [6, 6.07) is -0.727. The van der Waals surface area contributed by atoms with E-state index in [2.05, 4.69) is 5.32 Å². The number of hydrogen-bond donors (Lipinski definition) is 2. The number of carboxylic acids is 1. The van der Waals surface area contributed by atoms with Crippen LogP contribution in [-0.4, -0.2) is 46.6 Å². The van der Waals surface area contributed by atoms with E-state index in [1.165, 1.54) is 0 Å². The van der Waals surface area contributed by atoms with Gasteiger partial charge < -0.3 is 10.4 Å². The van der Waals surface area contributed by atoms with E-state index in [1.807, 2.05) is 25.7 Å². The summed E-state index contributed by atoms with van der Waals surface area (Å²) in [4.78, 5) is 25.6. The zero-order chi connectivity index (χ0) is 15.1. The minimum absolute atomic E-state index is 0.0492. The van der Waals surface area contributed by atoms with Gasteiger partial charge >= 0.3 is 5.97 Å². The molecule has 0 aromatic carbocycles. The number of aliphatic carboxylic acids is 1. The number of nitrogens with zero attached hydrogens (tertiary/aromatic N) is 1. The third-order valence-corrected chi connectivity index (χ3v) is 4.29. The van der Waals surface area contributed by atoms with Crippen LogP contribution in [0, 0.1) is 0 Å². The van der Waals surface area contributed by atoms with Gasteiger partial charge in [-0.15, -0.1) is 0 Å². The molecule has 5 heteroatoms. The maximum atomic E-state index is 12.3. The number of nitrogens with one attached hydrogen (secondary N) is 1. The van der Waals surface area contributed by atoms with Gasteiger partial charge in [-0.05, 0) is 39.2 Å². The van der Waals surface area contributed by atoms with E-state index in [-0.39, 0.29) is 18.0 Å². The van der Waals surface area contributed by atoms with E-state index in [0.29, 0.717) is 13.0 Å². The summed E-state index contributed by atoms with van der Waals surface area (Å²) >= 11 is 0. The third-order valence-electron chi connectivity index (χ3n) is 4.29. The average molecular weight is 284 g/mol. The Labute approximate surface area is 121 Å².